The molecule has 98 heavy (non-hydrogen) atoms. The summed E-state index contributed by atoms with van der Waals surface area (Å²) in [5.41, 5.74) is 0. The molecular weight excluding hydrogens is 1320 g/mol. The quantitative estimate of drug-likeness (QED) is 0.0269. The van der Waals surface area contributed by atoms with E-state index < -0.39 is 190 Å². The van der Waals surface area contributed by atoms with E-state index in [1.807, 2.05) is 0 Å². The SMILES string of the molecule is CC[C@@H](O)[C@@H](O)[C@@H](O)CNC.CC[C@@H](O)[C@@H](O)[C@H](O)[C@@H](O)CNC.CC[C@@H](O)[C@@H](O)[C@H](O)[C@H](O)CNC.CC[C@@H](O)[C@H](O)[C@@H](O)CNC.CC[C@@H](O)[C@H](O)[C@@H](O)[C@H](O)CNC.CC[C@@H](O)[C@H](O)[C@H](O)[C@@H](O)CNC.CNCC(O)C(O)C(O)C(O)CO.CNCC(O)C(O)C(O)CO. The number of hydrogen-bond donors (Lipinski definition) is 39. The van der Waals surface area contributed by atoms with E-state index in [-0.39, 0.29) is 52.4 Å². The standard InChI is InChI=1S/4C8H19NO4.C7H17NO5.2C7H17NO3.C6H15NO4/c4*1-3-5(10)7(12)8(13)6(11)4-9-2;1-8-2-4(10)6(12)7(13)5(11)3-9;2*1-3-5(9)7(11)6(10)4-8-2;1-7-2-4(9)6(11)5(10)3-8/h4*5-13H,3-4H2,1-2H3;4-13H,2-3H2,1H3;2*5-11H,3-4H2,1-2H3;4-11H,2-3H2,1H3/t5-,6+,7+,8-;5-,6+,7-,8-;5-,6-,7+,8+;5-,6-,7-,8-;;5-,6+,7+;5-,6+,7-;/m1111.11./s1. The largest absolute Gasteiger partial charge is 0.394 e. The molecule has 0 aliphatic rings. The van der Waals surface area contributed by atoms with Crippen LogP contribution in [0.25, 0.3) is 0 Å². The van der Waals surface area contributed by atoms with Crippen LogP contribution in [0.5, 0.6) is 0 Å². The Hall–Kier alpha value is -1.56. The van der Waals surface area contributed by atoms with Crippen molar-refractivity contribution >= 4 is 0 Å². The average molecular weight is 1460 g/mol. The van der Waals surface area contributed by atoms with Gasteiger partial charge in [0.05, 0.1) is 98.7 Å². The van der Waals surface area contributed by atoms with E-state index in [9.17, 15) is 97.0 Å². The summed E-state index contributed by atoms with van der Waals surface area (Å²) in [6, 6.07) is 0. The Balaban J connectivity index is -0.000000158. The van der Waals surface area contributed by atoms with Gasteiger partial charge in [-0.15, -0.1) is 0 Å². The normalized spacial score (nSPS) is 20.3. The number of hydrogen-bond acceptors (Lipinski definition) is 39. The predicted octanol–water partition coefficient (Wildman–Crippen LogP) is -16.4. The van der Waals surface area contributed by atoms with Gasteiger partial charge in [-0.2, -0.15) is 0 Å². The summed E-state index contributed by atoms with van der Waals surface area (Å²) in [5, 5.41) is 304. The van der Waals surface area contributed by atoms with Gasteiger partial charge in [0.2, 0.25) is 0 Å². The summed E-state index contributed by atoms with van der Waals surface area (Å²) < 4.78 is 0. The van der Waals surface area contributed by atoms with E-state index in [2.05, 4.69) is 42.5 Å². The number of aliphatic hydroxyl groups excluding tert-OH is 31. The van der Waals surface area contributed by atoms with Crippen LogP contribution in [0, 0.1) is 0 Å². The van der Waals surface area contributed by atoms with Gasteiger partial charge in [-0.25, -0.2) is 0 Å². The maximum absolute atomic E-state index is 9.32. The third kappa shape index (κ3) is 55.0. The van der Waals surface area contributed by atoms with Gasteiger partial charge in [0.25, 0.3) is 0 Å². The van der Waals surface area contributed by atoms with E-state index in [0.29, 0.717) is 38.5 Å². The molecule has 0 amide bonds. The minimum atomic E-state index is -1.55. The first-order valence-corrected chi connectivity index (χ1v) is 32.7. The molecule has 0 radical (unpaired) electrons. The Labute approximate surface area is 578 Å². The van der Waals surface area contributed by atoms with Crippen LogP contribution in [0.2, 0.25) is 0 Å². The molecule has 0 aliphatic carbocycles. The Morgan fingerprint density at radius 2 is 0.245 bits per heavy atom. The average Bonchev–Trinajstić information content (AvgIpc) is 1.10. The second-order valence-corrected chi connectivity index (χ2v) is 22.7. The van der Waals surface area contributed by atoms with E-state index in [4.69, 9.17) is 61.3 Å². The van der Waals surface area contributed by atoms with Gasteiger partial charge < -0.3 is 201 Å². The third-order valence-electron chi connectivity index (χ3n) is 14.2. The van der Waals surface area contributed by atoms with Crippen LogP contribution in [0.15, 0.2) is 0 Å². The van der Waals surface area contributed by atoms with Crippen molar-refractivity contribution < 1.29 is 158 Å². The van der Waals surface area contributed by atoms with Gasteiger partial charge in [-0.05, 0) is 94.9 Å². The van der Waals surface area contributed by atoms with Crippen LogP contribution in [0.1, 0.15) is 80.1 Å². The molecule has 0 bridgehead atoms. The van der Waals surface area contributed by atoms with Gasteiger partial charge in [0.1, 0.15) is 91.6 Å². The molecule has 39 nitrogen and oxygen atoms in total. The molecule has 0 aromatic heterocycles. The first-order chi connectivity index (χ1) is 45.6. The fraction of sp³-hybridized carbons (Fsp3) is 1.00. The van der Waals surface area contributed by atoms with Crippen LogP contribution in [-0.2, 0) is 0 Å². The predicted molar refractivity (Wildman–Crippen MR) is 362 cm³/mol. The zero-order valence-corrected chi connectivity index (χ0v) is 59.9. The Morgan fingerprint density at radius 3 is 0.367 bits per heavy atom. The first-order valence-electron chi connectivity index (χ1n) is 32.7. The van der Waals surface area contributed by atoms with Crippen molar-refractivity contribution in [2.75, 3.05) is 122 Å². The van der Waals surface area contributed by atoms with Gasteiger partial charge in [0, 0.05) is 52.4 Å². The Morgan fingerprint density at radius 1 is 0.153 bits per heavy atom. The van der Waals surface area contributed by atoms with Crippen molar-refractivity contribution in [1.82, 2.24) is 42.5 Å². The highest BCUT2D eigenvalue weighted by atomic mass is 16.4. The van der Waals surface area contributed by atoms with E-state index >= 15 is 0 Å². The van der Waals surface area contributed by atoms with Crippen molar-refractivity contribution in [2.24, 2.45) is 0 Å². The zero-order valence-electron chi connectivity index (χ0n) is 59.9. The van der Waals surface area contributed by atoms with Gasteiger partial charge >= 0.3 is 0 Å². The highest BCUT2D eigenvalue weighted by molar-refractivity contribution is 4.85. The number of rotatable bonds is 45. The van der Waals surface area contributed by atoms with Crippen molar-refractivity contribution in [3.05, 3.63) is 0 Å². The minimum Gasteiger partial charge on any atom is -0.394 e. The molecule has 0 saturated heterocycles. The fourth-order valence-corrected chi connectivity index (χ4v) is 7.35. The summed E-state index contributed by atoms with van der Waals surface area (Å²) in [7, 11) is 13.0. The third-order valence-corrected chi connectivity index (χ3v) is 14.2. The number of aliphatic hydroxyl groups is 31. The van der Waals surface area contributed by atoms with Crippen LogP contribution in [0.4, 0.5) is 0 Å². The molecule has 7 unspecified atom stereocenters. The van der Waals surface area contributed by atoms with Crippen molar-refractivity contribution in [3.8, 4) is 0 Å². The molecule has 0 aromatic carbocycles. The lowest BCUT2D eigenvalue weighted by Gasteiger charge is -2.25. The van der Waals surface area contributed by atoms with Gasteiger partial charge in [-0.1, -0.05) is 41.5 Å². The fourth-order valence-electron chi connectivity index (χ4n) is 7.35. The van der Waals surface area contributed by atoms with Crippen molar-refractivity contribution in [3.63, 3.8) is 0 Å². The summed E-state index contributed by atoms with van der Waals surface area (Å²) in [6.45, 7) is 10.6. The molecular formula is C59H142N8O31. The van der Waals surface area contributed by atoms with E-state index in [0.717, 1.165) is 0 Å². The molecule has 0 fully saturated rings. The van der Waals surface area contributed by atoms with E-state index in [1.54, 1.807) is 97.9 Å². The second-order valence-electron chi connectivity index (χ2n) is 22.7. The lowest BCUT2D eigenvalue weighted by atomic mass is 10.0. The highest BCUT2D eigenvalue weighted by Crippen LogP contribution is 2.12. The van der Waals surface area contributed by atoms with Crippen LogP contribution < -0.4 is 42.5 Å². The van der Waals surface area contributed by atoms with Crippen LogP contribution >= 0.6 is 0 Å². The first kappa shape index (κ1) is 112. The number of likely N-dealkylation sites (N-methyl/N-ethyl adjacent to an activating group) is 8. The summed E-state index contributed by atoms with van der Waals surface area (Å²) in [5.74, 6) is 0. The maximum Gasteiger partial charge on any atom is 0.111 e. The smallest absolute Gasteiger partial charge is 0.111 e. The molecule has 0 aliphatic heterocycles. The van der Waals surface area contributed by atoms with Crippen molar-refractivity contribution in [2.45, 2.75) is 257 Å². The Bertz CT molecular complexity index is 1400. The lowest BCUT2D eigenvalue weighted by molar-refractivity contribution is -0.113. The van der Waals surface area contributed by atoms with Crippen LogP contribution in [0.3, 0.4) is 0 Å². The molecule has 0 spiro atoms. The second kappa shape index (κ2) is 71.1. The van der Waals surface area contributed by atoms with Gasteiger partial charge in [0.15, 0.2) is 0 Å². The summed E-state index contributed by atoms with van der Waals surface area (Å²) >= 11 is 0. The molecule has 604 valence electrons. The molecule has 0 aromatic rings. The monoisotopic (exact) mass is 1460 g/mol. The zero-order chi connectivity index (χ0) is 78.7. The molecule has 39 heteroatoms. The van der Waals surface area contributed by atoms with Gasteiger partial charge in [-0.3, -0.25) is 0 Å². The molecule has 29 atom stereocenters. The van der Waals surface area contributed by atoms with Crippen LogP contribution in [-0.4, -0.2) is 457 Å². The number of nitrogens with one attached hydrogen (secondary N) is 8. The van der Waals surface area contributed by atoms with Crippen molar-refractivity contribution in [1.29, 1.82) is 0 Å². The summed E-state index contributed by atoms with van der Waals surface area (Å²) in [4.78, 5) is 0. The highest BCUT2D eigenvalue weighted by Gasteiger charge is 2.33. The molecule has 39 N–H and O–H groups in total. The summed E-state index contributed by atoms with van der Waals surface area (Å²) in [6.07, 6.45) is -31.3. The minimum absolute atomic E-state index is 0.0936. The maximum atomic E-state index is 9.32. The molecule has 0 heterocycles. The van der Waals surface area contributed by atoms with E-state index in [1.165, 1.54) is 0 Å². The molecule has 0 saturated carbocycles. The lowest BCUT2D eigenvalue weighted by Crippen LogP contribution is -2.48. The Kier molecular flexibility index (Phi) is 81.4. The topological polar surface area (TPSA) is 723 Å². The molecule has 0 rings (SSSR count).